The van der Waals surface area contributed by atoms with E-state index in [0.29, 0.717) is 11.5 Å². The monoisotopic (exact) mass is 212 g/mol. The Labute approximate surface area is 80.7 Å². The summed E-state index contributed by atoms with van der Waals surface area (Å²) in [5.41, 5.74) is 0.522. The standard InChI is InChI=1S/C8H18Cl2Si/c1-5-8(4)11(9,10)6-7(2)3/h7-8H,5-6H2,1-4H3. The molecule has 0 heterocycles. The minimum Gasteiger partial charge on any atom is -0.146 e. The van der Waals surface area contributed by atoms with E-state index in [0.717, 1.165) is 12.5 Å². The van der Waals surface area contributed by atoms with Crippen molar-refractivity contribution >= 4 is 28.9 Å². The first-order valence-corrected chi connectivity index (χ1v) is 8.58. The molecule has 1 unspecified atom stereocenters. The van der Waals surface area contributed by atoms with Crippen molar-refractivity contribution in [2.75, 3.05) is 0 Å². The van der Waals surface area contributed by atoms with Crippen LogP contribution in [0.4, 0.5) is 0 Å². The molecule has 0 radical (unpaired) electrons. The maximum absolute atomic E-state index is 6.29. The lowest BCUT2D eigenvalue weighted by molar-refractivity contribution is 0.712. The van der Waals surface area contributed by atoms with Crippen LogP contribution in [0.5, 0.6) is 0 Å². The predicted octanol–water partition coefficient (Wildman–Crippen LogP) is 4.36. The average molecular weight is 213 g/mol. The fourth-order valence-electron chi connectivity index (χ4n) is 1.04. The van der Waals surface area contributed by atoms with Gasteiger partial charge in [0.25, 0.3) is 6.69 Å². The van der Waals surface area contributed by atoms with E-state index in [-0.39, 0.29) is 0 Å². The second kappa shape index (κ2) is 4.73. The molecule has 0 aromatic rings. The third-order valence-electron chi connectivity index (χ3n) is 2.01. The minimum absolute atomic E-state index is 0.522. The Morgan fingerprint density at radius 1 is 1.18 bits per heavy atom. The number of halogens is 2. The van der Waals surface area contributed by atoms with Gasteiger partial charge in [0.2, 0.25) is 0 Å². The summed E-state index contributed by atoms with van der Waals surface area (Å²) in [4.78, 5) is 0. The summed E-state index contributed by atoms with van der Waals surface area (Å²) >= 11 is 12.6. The molecule has 0 spiro atoms. The van der Waals surface area contributed by atoms with Crippen LogP contribution >= 0.6 is 22.2 Å². The van der Waals surface area contributed by atoms with E-state index in [4.69, 9.17) is 22.2 Å². The summed E-state index contributed by atoms with van der Waals surface area (Å²) in [7, 11) is 0. The molecule has 1 atom stereocenters. The first kappa shape index (κ1) is 11.8. The zero-order valence-corrected chi connectivity index (χ0v) is 10.3. The molecule has 0 N–H and O–H groups in total. The summed E-state index contributed by atoms with van der Waals surface area (Å²) < 4.78 is 0. The largest absolute Gasteiger partial charge is 0.254 e. The van der Waals surface area contributed by atoms with E-state index >= 15 is 0 Å². The van der Waals surface area contributed by atoms with Crippen LogP contribution in [0.15, 0.2) is 0 Å². The van der Waals surface area contributed by atoms with Crippen molar-refractivity contribution in [3.8, 4) is 0 Å². The SMILES string of the molecule is CCC(C)[Si](Cl)(Cl)CC(C)C. The van der Waals surface area contributed by atoms with Gasteiger partial charge in [0.05, 0.1) is 0 Å². The molecule has 0 rings (SSSR count). The van der Waals surface area contributed by atoms with Crippen molar-refractivity contribution in [3.05, 3.63) is 0 Å². The van der Waals surface area contributed by atoms with Crippen molar-refractivity contribution in [2.45, 2.75) is 45.7 Å². The third-order valence-corrected chi connectivity index (χ3v) is 8.39. The van der Waals surface area contributed by atoms with Crippen LogP contribution in [0.25, 0.3) is 0 Å². The molecule has 0 aromatic carbocycles. The number of rotatable bonds is 4. The molecule has 0 bridgehead atoms. The van der Waals surface area contributed by atoms with Gasteiger partial charge in [-0.25, -0.2) is 0 Å². The second-order valence-electron chi connectivity index (χ2n) is 3.67. The smallest absolute Gasteiger partial charge is 0.146 e. The van der Waals surface area contributed by atoms with E-state index in [9.17, 15) is 0 Å². The Hall–Kier alpha value is 0.797. The zero-order valence-electron chi connectivity index (χ0n) is 7.82. The number of hydrogen-bond acceptors (Lipinski definition) is 0. The van der Waals surface area contributed by atoms with Crippen LogP contribution in [0.1, 0.15) is 34.1 Å². The molecule has 3 heteroatoms. The van der Waals surface area contributed by atoms with E-state index < -0.39 is 6.69 Å². The fraction of sp³-hybridized carbons (Fsp3) is 1.00. The van der Waals surface area contributed by atoms with Crippen LogP contribution in [-0.4, -0.2) is 6.69 Å². The molecule has 0 saturated heterocycles. The molecular weight excluding hydrogens is 195 g/mol. The third kappa shape index (κ3) is 4.39. The maximum Gasteiger partial charge on any atom is 0.254 e. The van der Waals surface area contributed by atoms with Gasteiger partial charge in [-0.3, -0.25) is 0 Å². The molecule has 68 valence electrons. The highest BCUT2D eigenvalue weighted by Crippen LogP contribution is 2.37. The number of hydrogen-bond donors (Lipinski definition) is 0. The van der Waals surface area contributed by atoms with E-state index in [1.807, 2.05) is 0 Å². The maximum atomic E-state index is 6.29. The van der Waals surface area contributed by atoms with Gasteiger partial charge < -0.3 is 0 Å². The summed E-state index contributed by atoms with van der Waals surface area (Å²) in [6, 6.07) is 1.02. The molecular formula is C8H18Cl2Si. The zero-order chi connectivity index (χ0) is 9.07. The van der Waals surface area contributed by atoms with Crippen LogP contribution < -0.4 is 0 Å². The normalized spacial score (nSPS) is 15.5. The minimum atomic E-state index is -1.93. The molecule has 0 amide bonds. The summed E-state index contributed by atoms with van der Waals surface area (Å²) in [5.74, 6) is 0.630. The molecule has 0 aromatic heterocycles. The summed E-state index contributed by atoms with van der Waals surface area (Å²) in [5, 5.41) is 0. The van der Waals surface area contributed by atoms with Crippen LogP contribution in [0, 0.1) is 5.92 Å². The quantitative estimate of drug-likeness (QED) is 0.480. The molecule has 0 aliphatic rings. The van der Waals surface area contributed by atoms with E-state index in [1.54, 1.807) is 0 Å². The molecule has 0 fully saturated rings. The Kier molecular flexibility index (Phi) is 5.08. The van der Waals surface area contributed by atoms with Gasteiger partial charge in [-0.2, -0.15) is 0 Å². The van der Waals surface area contributed by atoms with Gasteiger partial charge in [-0.1, -0.05) is 34.1 Å². The topological polar surface area (TPSA) is 0 Å². The highest BCUT2D eigenvalue weighted by molar-refractivity contribution is 7.46. The fourth-order valence-corrected chi connectivity index (χ4v) is 5.91. The van der Waals surface area contributed by atoms with Crippen molar-refractivity contribution in [2.24, 2.45) is 5.92 Å². The highest BCUT2D eigenvalue weighted by Gasteiger charge is 2.34. The molecule has 0 nitrogen and oxygen atoms in total. The molecule has 0 aliphatic heterocycles. The lowest BCUT2D eigenvalue weighted by Crippen LogP contribution is -2.26. The van der Waals surface area contributed by atoms with Crippen molar-refractivity contribution < 1.29 is 0 Å². The lowest BCUT2D eigenvalue weighted by atomic mass is 10.3. The molecule has 11 heavy (non-hydrogen) atoms. The van der Waals surface area contributed by atoms with Gasteiger partial charge in [0.1, 0.15) is 0 Å². The Bertz CT molecular complexity index is 113. The summed E-state index contributed by atoms with van der Waals surface area (Å²) in [6.45, 7) is 6.74. The molecule has 0 aliphatic carbocycles. The molecule has 0 saturated carbocycles. The van der Waals surface area contributed by atoms with E-state index in [1.165, 1.54) is 0 Å². The highest BCUT2D eigenvalue weighted by atomic mass is 35.7. The lowest BCUT2D eigenvalue weighted by Gasteiger charge is -2.24. The van der Waals surface area contributed by atoms with Gasteiger partial charge >= 0.3 is 0 Å². The first-order chi connectivity index (χ1) is 4.90. The average Bonchev–Trinajstić information content (AvgIpc) is 1.83. The first-order valence-electron chi connectivity index (χ1n) is 4.28. The van der Waals surface area contributed by atoms with Gasteiger partial charge in [-0.05, 0) is 17.5 Å². The predicted molar refractivity (Wildman–Crippen MR) is 56.8 cm³/mol. The van der Waals surface area contributed by atoms with Crippen molar-refractivity contribution in [3.63, 3.8) is 0 Å². The van der Waals surface area contributed by atoms with Gasteiger partial charge in [0.15, 0.2) is 0 Å². The van der Waals surface area contributed by atoms with Crippen LogP contribution in [0.2, 0.25) is 11.6 Å². The second-order valence-corrected chi connectivity index (χ2v) is 11.2. The Morgan fingerprint density at radius 3 is 1.91 bits per heavy atom. The van der Waals surface area contributed by atoms with E-state index in [2.05, 4.69) is 27.7 Å². The van der Waals surface area contributed by atoms with Crippen LogP contribution in [-0.2, 0) is 0 Å². The van der Waals surface area contributed by atoms with Crippen molar-refractivity contribution in [1.29, 1.82) is 0 Å². The Balaban J connectivity index is 3.98. The Morgan fingerprint density at radius 2 is 1.64 bits per heavy atom. The van der Waals surface area contributed by atoms with Gasteiger partial charge in [0, 0.05) is 0 Å². The van der Waals surface area contributed by atoms with Crippen LogP contribution in [0.3, 0.4) is 0 Å². The summed E-state index contributed by atoms with van der Waals surface area (Å²) in [6.07, 6.45) is 1.10. The van der Waals surface area contributed by atoms with Crippen molar-refractivity contribution in [1.82, 2.24) is 0 Å². The van der Waals surface area contributed by atoms with Gasteiger partial charge in [-0.15, -0.1) is 22.2 Å².